The summed E-state index contributed by atoms with van der Waals surface area (Å²) in [5.74, 6) is -6.51. The van der Waals surface area contributed by atoms with Gasteiger partial charge in [-0.15, -0.1) is 0 Å². The average molecular weight is 436 g/mol. The van der Waals surface area contributed by atoms with Crippen LogP contribution in [0.2, 0.25) is 0 Å². The SMILES string of the molecule is CSCCC(NC(=O)C(CC(=O)O)NC(=O)CNC(=O)C(N)CC(=O)O)C(=O)O. The van der Waals surface area contributed by atoms with Crippen molar-refractivity contribution in [2.75, 3.05) is 18.6 Å². The summed E-state index contributed by atoms with van der Waals surface area (Å²) in [6.45, 7) is -0.690. The minimum atomic E-state index is -1.58. The van der Waals surface area contributed by atoms with Gasteiger partial charge in [0.1, 0.15) is 12.1 Å². The molecule has 0 spiro atoms. The van der Waals surface area contributed by atoms with Gasteiger partial charge in [0.25, 0.3) is 0 Å². The lowest BCUT2D eigenvalue weighted by Crippen LogP contribution is -2.54. The lowest BCUT2D eigenvalue weighted by atomic mass is 10.1. The van der Waals surface area contributed by atoms with Crippen molar-refractivity contribution >= 4 is 47.4 Å². The molecule has 0 aliphatic heterocycles. The number of aliphatic carboxylic acids is 3. The van der Waals surface area contributed by atoms with Crippen LogP contribution in [0.5, 0.6) is 0 Å². The van der Waals surface area contributed by atoms with E-state index in [0.717, 1.165) is 0 Å². The van der Waals surface area contributed by atoms with Gasteiger partial charge in [-0.3, -0.25) is 24.0 Å². The third-order valence-corrected chi connectivity index (χ3v) is 4.05. The highest BCUT2D eigenvalue weighted by atomic mass is 32.2. The van der Waals surface area contributed by atoms with E-state index < -0.39 is 73.1 Å². The van der Waals surface area contributed by atoms with E-state index in [4.69, 9.17) is 21.1 Å². The Morgan fingerprint density at radius 3 is 1.97 bits per heavy atom. The lowest BCUT2D eigenvalue weighted by Gasteiger charge is -2.20. The van der Waals surface area contributed by atoms with Crippen molar-refractivity contribution < 1.29 is 44.1 Å². The second kappa shape index (κ2) is 13.3. The van der Waals surface area contributed by atoms with Crippen molar-refractivity contribution in [1.29, 1.82) is 0 Å². The van der Waals surface area contributed by atoms with Crippen molar-refractivity contribution in [3.63, 3.8) is 0 Å². The lowest BCUT2D eigenvalue weighted by molar-refractivity contribution is -0.143. The molecular formula is C15H24N4O9S. The second-order valence-electron chi connectivity index (χ2n) is 5.82. The molecule has 3 amide bonds. The van der Waals surface area contributed by atoms with Gasteiger partial charge < -0.3 is 37.0 Å². The molecule has 8 N–H and O–H groups in total. The number of nitrogens with two attached hydrogens (primary N) is 1. The van der Waals surface area contributed by atoms with Crippen LogP contribution in [0.3, 0.4) is 0 Å². The number of nitrogens with one attached hydrogen (secondary N) is 3. The average Bonchev–Trinajstić information content (AvgIpc) is 2.61. The number of amides is 3. The largest absolute Gasteiger partial charge is 0.481 e. The first-order valence-corrected chi connectivity index (χ1v) is 9.65. The zero-order valence-corrected chi connectivity index (χ0v) is 16.4. The summed E-state index contributed by atoms with van der Waals surface area (Å²) in [4.78, 5) is 68.4. The van der Waals surface area contributed by atoms with Crippen LogP contribution < -0.4 is 21.7 Å². The minimum Gasteiger partial charge on any atom is -0.481 e. The molecule has 0 heterocycles. The summed E-state index contributed by atoms with van der Waals surface area (Å²) in [7, 11) is 0. The van der Waals surface area contributed by atoms with E-state index in [2.05, 4.69) is 16.0 Å². The van der Waals surface area contributed by atoms with Gasteiger partial charge >= 0.3 is 17.9 Å². The van der Waals surface area contributed by atoms with Gasteiger partial charge in [0.05, 0.1) is 25.4 Å². The van der Waals surface area contributed by atoms with Gasteiger partial charge in [-0.05, 0) is 18.4 Å². The van der Waals surface area contributed by atoms with Gasteiger partial charge in [0.2, 0.25) is 17.7 Å². The van der Waals surface area contributed by atoms with Crippen molar-refractivity contribution in [3.8, 4) is 0 Å². The van der Waals surface area contributed by atoms with Crippen molar-refractivity contribution in [2.45, 2.75) is 37.4 Å². The number of thioether (sulfide) groups is 1. The van der Waals surface area contributed by atoms with Gasteiger partial charge in [-0.25, -0.2) is 4.79 Å². The van der Waals surface area contributed by atoms with Crippen LogP contribution in [-0.2, 0) is 28.8 Å². The maximum atomic E-state index is 12.2. The molecule has 0 fully saturated rings. The summed E-state index contributed by atoms with van der Waals surface area (Å²) in [5, 5.41) is 32.9. The monoisotopic (exact) mass is 436 g/mol. The number of carboxylic acids is 3. The number of carbonyl (C=O) groups is 6. The summed E-state index contributed by atoms with van der Waals surface area (Å²) >= 11 is 1.35. The highest BCUT2D eigenvalue weighted by Gasteiger charge is 2.28. The Bertz CT molecular complexity index is 643. The molecule has 29 heavy (non-hydrogen) atoms. The summed E-state index contributed by atoms with van der Waals surface area (Å²) in [5.41, 5.74) is 5.32. The molecule has 0 saturated heterocycles. The molecule has 13 nitrogen and oxygen atoms in total. The topological polar surface area (TPSA) is 225 Å². The van der Waals surface area contributed by atoms with Crippen LogP contribution in [0.4, 0.5) is 0 Å². The Hall–Kier alpha value is -2.87. The summed E-state index contributed by atoms with van der Waals surface area (Å²) in [6, 6.07) is -4.25. The quantitative estimate of drug-likeness (QED) is 0.147. The number of hydrogen-bond donors (Lipinski definition) is 7. The van der Waals surface area contributed by atoms with Crippen LogP contribution in [0, 0.1) is 0 Å². The highest BCUT2D eigenvalue weighted by molar-refractivity contribution is 7.98. The molecule has 0 radical (unpaired) electrons. The van der Waals surface area contributed by atoms with Crippen LogP contribution in [0.15, 0.2) is 0 Å². The smallest absolute Gasteiger partial charge is 0.326 e. The van der Waals surface area contributed by atoms with Crippen LogP contribution in [-0.4, -0.2) is 87.6 Å². The molecule has 0 saturated carbocycles. The third-order valence-electron chi connectivity index (χ3n) is 3.41. The van der Waals surface area contributed by atoms with Crippen LogP contribution in [0.25, 0.3) is 0 Å². The Labute approximate surface area is 169 Å². The highest BCUT2D eigenvalue weighted by Crippen LogP contribution is 2.03. The number of carboxylic acid groups (broad SMARTS) is 3. The first kappa shape index (κ1) is 26.1. The van der Waals surface area contributed by atoms with Crippen LogP contribution >= 0.6 is 11.8 Å². The molecule has 0 aromatic carbocycles. The fraction of sp³-hybridized carbons (Fsp3) is 0.600. The van der Waals surface area contributed by atoms with E-state index >= 15 is 0 Å². The normalized spacial score (nSPS) is 13.4. The maximum Gasteiger partial charge on any atom is 0.326 e. The fourth-order valence-electron chi connectivity index (χ4n) is 1.97. The summed E-state index contributed by atoms with van der Waals surface area (Å²) in [6.07, 6.45) is 0.349. The van der Waals surface area contributed by atoms with Gasteiger partial charge in [0.15, 0.2) is 0 Å². The first-order chi connectivity index (χ1) is 13.5. The first-order valence-electron chi connectivity index (χ1n) is 8.26. The van der Waals surface area contributed by atoms with E-state index in [9.17, 15) is 28.8 Å². The zero-order valence-electron chi connectivity index (χ0n) is 15.5. The van der Waals surface area contributed by atoms with Crippen molar-refractivity contribution in [2.24, 2.45) is 5.73 Å². The molecular weight excluding hydrogens is 412 g/mol. The van der Waals surface area contributed by atoms with E-state index in [1.54, 1.807) is 6.26 Å². The predicted octanol–water partition coefficient (Wildman–Crippen LogP) is -2.81. The Kier molecular flexibility index (Phi) is 12.0. The molecule has 0 aromatic heterocycles. The van der Waals surface area contributed by atoms with E-state index in [1.165, 1.54) is 11.8 Å². The minimum absolute atomic E-state index is 0.0908. The Balaban J connectivity index is 4.88. The van der Waals surface area contributed by atoms with Crippen LogP contribution in [0.1, 0.15) is 19.3 Å². The fourth-order valence-corrected chi connectivity index (χ4v) is 2.45. The molecule has 0 rings (SSSR count). The Morgan fingerprint density at radius 2 is 1.48 bits per heavy atom. The second-order valence-corrected chi connectivity index (χ2v) is 6.81. The maximum absolute atomic E-state index is 12.2. The van der Waals surface area contributed by atoms with E-state index in [0.29, 0.717) is 5.75 Å². The van der Waals surface area contributed by atoms with E-state index in [1.807, 2.05) is 0 Å². The van der Waals surface area contributed by atoms with Crippen molar-refractivity contribution in [1.82, 2.24) is 16.0 Å². The molecule has 0 bridgehead atoms. The standard InChI is InChI=1S/C15H24N4O9S/c1-29-3-2-8(15(27)28)19-14(26)9(5-12(23)24)18-10(20)6-17-13(25)7(16)4-11(21)22/h7-9H,2-6,16H2,1H3,(H,17,25)(H,18,20)(H,19,26)(H,21,22)(H,23,24)(H,27,28). The molecule has 0 aliphatic carbocycles. The van der Waals surface area contributed by atoms with Gasteiger partial charge in [-0.2, -0.15) is 11.8 Å². The molecule has 3 atom stereocenters. The molecule has 164 valence electrons. The number of hydrogen-bond acceptors (Lipinski definition) is 8. The zero-order chi connectivity index (χ0) is 22.6. The third kappa shape index (κ3) is 11.5. The number of rotatable bonds is 14. The molecule has 14 heteroatoms. The van der Waals surface area contributed by atoms with E-state index in [-0.39, 0.29) is 6.42 Å². The van der Waals surface area contributed by atoms with Gasteiger partial charge in [-0.1, -0.05) is 0 Å². The van der Waals surface area contributed by atoms with Gasteiger partial charge in [0, 0.05) is 0 Å². The summed E-state index contributed by atoms with van der Waals surface area (Å²) < 4.78 is 0. The number of carbonyl (C=O) groups excluding carboxylic acids is 3. The molecule has 3 unspecified atom stereocenters. The molecule has 0 aliphatic rings. The van der Waals surface area contributed by atoms with Crippen molar-refractivity contribution in [3.05, 3.63) is 0 Å². The molecule has 0 aromatic rings. The Morgan fingerprint density at radius 1 is 0.897 bits per heavy atom. The predicted molar refractivity (Wildman–Crippen MR) is 100.0 cm³/mol.